The highest BCUT2D eigenvalue weighted by atomic mass is 79.9. The molecule has 0 amide bonds. The van der Waals surface area contributed by atoms with Crippen LogP contribution < -0.4 is 9.88 Å². The van der Waals surface area contributed by atoms with Crippen LogP contribution in [0.15, 0.2) is 69.3 Å². The van der Waals surface area contributed by atoms with Crippen molar-refractivity contribution in [2.24, 2.45) is 5.14 Å². The first-order valence-corrected chi connectivity index (χ1v) is 10.9. The van der Waals surface area contributed by atoms with Gasteiger partial charge in [0, 0.05) is 10.2 Å². The standard InChI is InChI=1S/C17H16BrN3O3S2/c18-13-3-1-12(2-4-13)16-11-20-17(21-16)25-10-9-24-14-5-7-15(8-6-14)26(19,22)23/h1-8,11H,9-10H2,(H,20,21)(H2,19,22,23). The minimum absolute atomic E-state index is 0.0651. The van der Waals surface area contributed by atoms with E-state index < -0.39 is 10.0 Å². The second kappa shape index (κ2) is 8.26. The van der Waals surface area contributed by atoms with Crippen LogP contribution in [0.3, 0.4) is 0 Å². The van der Waals surface area contributed by atoms with Gasteiger partial charge in [-0.2, -0.15) is 0 Å². The zero-order valence-corrected chi connectivity index (χ0v) is 16.8. The number of aromatic amines is 1. The average Bonchev–Trinajstić information content (AvgIpc) is 3.08. The lowest BCUT2D eigenvalue weighted by atomic mass is 10.2. The maximum atomic E-state index is 11.2. The van der Waals surface area contributed by atoms with Crippen LogP contribution in [0.1, 0.15) is 0 Å². The Hall–Kier alpha value is -1.81. The first kappa shape index (κ1) is 19.0. The van der Waals surface area contributed by atoms with Crippen molar-refractivity contribution in [3.05, 3.63) is 59.2 Å². The average molecular weight is 454 g/mol. The van der Waals surface area contributed by atoms with Gasteiger partial charge in [-0.05, 0) is 42.0 Å². The summed E-state index contributed by atoms with van der Waals surface area (Å²) >= 11 is 4.97. The molecule has 0 aliphatic carbocycles. The Morgan fingerprint density at radius 3 is 2.46 bits per heavy atom. The normalized spacial score (nSPS) is 11.5. The molecule has 9 heteroatoms. The Labute approximate surface area is 164 Å². The predicted octanol–water partition coefficient (Wildman–Crippen LogP) is 3.66. The lowest BCUT2D eigenvalue weighted by Gasteiger charge is -2.06. The minimum atomic E-state index is -3.68. The van der Waals surface area contributed by atoms with Gasteiger partial charge < -0.3 is 9.72 Å². The maximum absolute atomic E-state index is 11.2. The van der Waals surface area contributed by atoms with Gasteiger partial charge in [-0.1, -0.05) is 39.8 Å². The highest BCUT2D eigenvalue weighted by Gasteiger charge is 2.07. The third-order valence-corrected chi connectivity index (χ3v) is 5.76. The number of rotatable bonds is 7. The second-order valence-corrected chi connectivity index (χ2v) is 8.88. The molecular weight excluding hydrogens is 438 g/mol. The van der Waals surface area contributed by atoms with E-state index in [1.807, 2.05) is 24.3 Å². The Balaban J connectivity index is 1.49. The van der Waals surface area contributed by atoms with E-state index in [2.05, 4.69) is 25.9 Å². The van der Waals surface area contributed by atoms with Crippen LogP contribution in [0.4, 0.5) is 0 Å². The van der Waals surface area contributed by atoms with Gasteiger partial charge in [0.15, 0.2) is 5.16 Å². The smallest absolute Gasteiger partial charge is 0.238 e. The highest BCUT2D eigenvalue weighted by Crippen LogP contribution is 2.23. The van der Waals surface area contributed by atoms with Crippen molar-refractivity contribution in [2.75, 3.05) is 12.4 Å². The number of ether oxygens (including phenoxy) is 1. The summed E-state index contributed by atoms with van der Waals surface area (Å²) in [6.45, 7) is 0.466. The van der Waals surface area contributed by atoms with E-state index in [1.54, 1.807) is 30.1 Å². The van der Waals surface area contributed by atoms with E-state index in [4.69, 9.17) is 9.88 Å². The molecule has 1 aromatic heterocycles. The number of H-pyrrole nitrogens is 1. The first-order chi connectivity index (χ1) is 12.4. The molecular formula is C17H16BrN3O3S2. The number of halogens is 1. The van der Waals surface area contributed by atoms with Gasteiger partial charge in [0.1, 0.15) is 5.75 Å². The molecule has 1 heterocycles. The van der Waals surface area contributed by atoms with Gasteiger partial charge in [-0.3, -0.25) is 0 Å². The van der Waals surface area contributed by atoms with E-state index in [9.17, 15) is 8.42 Å². The quantitative estimate of drug-likeness (QED) is 0.420. The van der Waals surface area contributed by atoms with Crippen molar-refractivity contribution in [3.63, 3.8) is 0 Å². The summed E-state index contributed by atoms with van der Waals surface area (Å²) in [5, 5.41) is 5.88. The van der Waals surface area contributed by atoms with Crippen LogP contribution in [0.25, 0.3) is 11.3 Å². The fourth-order valence-electron chi connectivity index (χ4n) is 2.18. The molecule has 0 atom stereocenters. The Kier molecular flexibility index (Phi) is 6.02. The monoisotopic (exact) mass is 453 g/mol. The maximum Gasteiger partial charge on any atom is 0.238 e. The zero-order chi connectivity index (χ0) is 18.6. The van der Waals surface area contributed by atoms with E-state index in [0.29, 0.717) is 18.1 Å². The van der Waals surface area contributed by atoms with Crippen molar-refractivity contribution >= 4 is 37.7 Å². The van der Waals surface area contributed by atoms with Gasteiger partial charge in [0.05, 0.1) is 23.4 Å². The molecule has 0 aliphatic rings. The van der Waals surface area contributed by atoms with E-state index in [0.717, 1.165) is 20.9 Å². The molecule has 0 saturated carbocycles. The summed E-state index contributed by atoms with van der Waals surface area (Å²) in [7, 11) is -3.68. The number of nitrogens with two attached hydrogens (primary N) is 1. The van der Waals surface area contributed by atoms with E-state index >= 15 is 0 Å². The molecule has 0 fully saturated rings. The van der Waals surface area contributed by atoms with Gasteiger partial charge in [-0.25, -0.2) is 18.5 Å². The molecule has 26 heavy (non-hydrogen) atoms. The van der Waals surface area contributed by atoms with Crippen molar-refractivity contribution in [1.82, 2.24) is 9.97 Å². The third kappa shape index (κ3) is 5.10. The van der Waals surface area contributed by atoms with Crippen LogP contribution in [0.2, 0.25) is 0 Å². The van der Waals surface area contributed by atoms with Crippen molar-refractivity contribution in [1.29, 1.82) is 0 Å². The van der Waals surface area contributed by atoms with Crippen LogP contribution in [-0.4, -0.2) is 30.7 Å². The number of sulfonamides is 1. The van der Waals surface area contributed by atoms with E-state index in [-0.39, 0.29) is 4.90 Å². The number of primary sulfonamides is 1. The lowest BCUT2D eigenvalue weighted by Crippen LogP contribution is -2.11. The Morgan fingerprint density at radius 2 is 1.81 bits per heavy atom. The predicted molar refractivity (Wildman–Crippen MR) is 106 cm³/mol. The molecule has 0 spiro atoms. The van der Waals surface area contributed by atoms with E-state index in [1.165, 1.54) is 12.1 Å². The van der Waals surface area contributed by atoms with Crippen molar-refractivity contribution in [3.8, 4) is 17.0 Å². The van der Waals surface area contributed by atoms with Gasteiger partial charge in [0.2, 0.25) is 10.0 Å². The van der Waals surface area contributed by atoms with Gasteiger partial charge >= 0.3 is 0 Å². The van der Waals surface area contributed by atoms with Crippen LogP contribution in [0, 0.1) is 0 Å². The second-order valence-electron chi connectivity index (χ2n) is 5.32. The fraction of sp³-hybridized carbons (Fsp3) is 0.118. The summed E-state index contributed by atoms with van der Waals surface area (Å²) in [5.41, 5.74) is 2.03. The summed E-state index contributed by atoms with van der Waals surface area (Å²) < 4.78 is 29.0. The Bertz CT molecular complexity index is 971. The van der Waals surface area contributed by atoms with Gasteiger partial charge in [0.25, 0.3) is 0 Å². The molecule has 136 valence electrons. The molecule has 0 radical (unpaired) electrons. The summed E-state index contributed by atoms with van der Waals surface area (Å²) in [5.74, 6) is 1.29. The summed E-state index contributed by atoms with van der Waals surface area (Å²) in [4.78, 5) is 7.69. The van der Waals surface area contributed by atoms with Crippen molar-refractivity contribution in [2.45, 2.75) is 10.1 Å². The summed E-state index contributed by atoms with van der Waals surface area (Å²) in [6.07, 6.45) is 1.80. The van der Waals surface area contributed by atoms with Gasteiger partial charge in [-0.15, -0.1) is 0 Å². The van der Waals surface area contributed by atoms with Crippen LogP contribution in [0.5, 0.6) is 5.75 Å². The molecule has 3 N–H and O–H groups in total. The molecule has 0 aliphatic heterocycles. The largest absolute Gasteiger partial charge is 0.493 e. The number of imidazole rings is 1. The van der Waals surface area contributed by atoms with Crippen molar-refractivity contribution < 1.29 is 13.2 Å². The molecule has 0 unspecified atom stereocenters. The number of hydrogen-bond acceptors (Lipinski definition) is 5. The molecule has 3 aromatic rings. The third-order valence-electron chi connectivity index (χ3n) is 3.45. The molecule has 2 aromatic carbocycles. The molecule has 0 bridgehead atoms. The Morgan fingerprint density at radius 1 is 1.12 bits per heavy atom. The highest BCUT2D eigenvalue weighted by molar-refractivity contribution is 9.10. The lowest BCUT2D eigenvalue weighted by molar-refractivity contribution is 0.343. The minimum Gasteiger partial charge on any atom is -0.493 e. The number of aromatic nitrogens is 2. The molecule has 6 nitrogen and oxygen atoms in total. The zero-order valence-electron chi connectivity index (χ0n) is 13.6. The molecule has 3 rings (SSSR count). The SMILES string of the molecule is NS(=O)(=O)c1ccc(OCCSc2ncc(-c3ccc(Br)cc3)[nH]2)cc1. The van der Waals surface area contributed by atoms with Crippen LogP contribution >= 0.6 is 27.7 Å². The number of hydrogen-bond donors (Lipinski definition) is 2. The first-order valence-electron chi connectivity index (χ1n) is 7.61. The number of nitrogens with zero attached hydrogens (tertiary/aromatic N) is 1. The topological polar surface area (TPSA) is 98.1 Å². The van der Waals surface area contributed by atoms with Crippen LogP contribution in [-0.2, 0) is 10.0 Å². The number of benzene rings is 2. The molecule has 0 saturated heterocycles. The number of nitrogens with one attached hydrogen (secondary N) is 1. The number of thioether (sulfide) groups is 1. The summed E-state index contributed by atoms with van der Waals surface area (Å²) in [6, 6.07) is 14.0. The fourth-order valence-corrected chi connectivity index (χ4v) is 3.62.